The van der Waals surface area contributed by atoms with Crippen LogP contribution in [0.25, 0.3) is 11.1 Å². The maximum atomic E-state index is 13.9. The third kappa shape index (κ3) is 11.0. The first-order chi connectivity index (χ1) is 27.0. The Kier molecular flexibility index (Phi) is 13.9. The summed E-state index contributed by atoms with van der Waals surface area (Å²) in [6, 6.07) is 32.3. The number of methoxy groups -OCH3 is 1. The normalized spacial score (nSPS) is 11.2. The topological polar surface area (TPSA) is 195 Å². The van der Waals surface area contributed by atoms with Crippen molar-refractivity contribution in [2.45, 2.75) is 39.5 Å². The molecule has 0 saturated heterocycles. The van der Waals surface area contributed by atoms with E-state index in [1.807, 2.05) is 74.5 Å². The molecule has 0 aliphatic rings. The van der Waals surface area contributed by atoms with E-state index in [1.165, 1.54) is 13.2 Å². The van der Waals surface area contributed by atoms with Crippen LogP contribution in [0.5, 0.6) is 5.88 Å². The van der Waals surface area contributed by atoms with Gasteiger partial charge in [-0.25, -0.2) is 14.6 Å². The van der Waals surface area contributed by atoms with Gasteiger partial charge in [-0.15, -0.1) is 0 Å². The highest BCUT2D eigenvalue weighted by molar-refractivity contribution is 6.10. The van der Waals surface area contributed by atoms with E-state index in [4.69, 9.17) is 25.4 Å². The van der Waals surface area contributed by atoms with Crippen LogP contribution in [-0.4, -0.2) is 54.4 Å². The van der Waals surface area contributed by atoms with Gasteiger partial charge in [-0.2, -0.15) is 0 Å². The second kappa shape index (κ2) is 19.3. The first kappa shape index (κ1) is 40.2. The van der Waals surface area contributed by atoms with Crippen molar-refractivity contribution < 1.29 is 33.4 Å². The van der Waals surface area contributed by atoms with E-state index in [1.54, 1.807) is 48.5 Å². The summed E-state index contributed by atoms with van der Waals surface area (Å²) in [5.74, 6) is -1.72. The Balaban J connectivity index is 1.39. The number of alkyl carbamates (subject to hydrolysis) is 1. The Bertz CT molecular complexity index is 2160. The van der Waals surface area contributed by atoms with E-state index in [-0.39, 0.29) is 65.8 Å². The lowest BCUT2D eigenvalue weighted by atomic mass is 9.95. The van der Waals surface area contributed by atoms with Crippen molar-refractivity contribution in [3.63, 3.8) is 0 Å². The number of pyridine rings is 1. The maximum Gasteiger partial charge on any atom is 0.407 e. The Hall–Kier alpha value is -7.02. The summed E-state index contributed by atoms with van der Waals surface area (Å²) >= 11 is 0. The van der Waals surface area contributed by atoms with Crippen molar-refractivity contribution in [2.75, 3.05) is 19.0 Å². The number of anilines is 1. The van der Waals surface area contributed by atoms with Gasteiger partial charge >= 0.3 is 12.1 Å². The molecule has 5 aromatic rings. The number of carbonyl (C=O) groups is 4. The summed E-state index contributed by atoms with van der Waals surface area (Å²) in [4.78, 5) is 58.1. The number of nitrogens with zero attached hydrogens (tertiary/aromatic N) is 1. The zero-order chi connectivity index (χ0) is 40.0. The molecule has 6 N–H and O–H groups in total. The summed E-state index contributed by atoms with van der Waals surface area (Å²) in [7, 11) is 1.42. The number of nitrogens with one attached hydrogen (secondary N) is 4. The van der Waals surface area contributed by atoms with E-state index < -0.39 is 23.9 Å². The second-order valence-electron chi connectivity index (χ2n) is 13.1. The number of ether oxygens (including phenoxy) is 3. The molecular weight excluding hydrogens is 713 g/mol. The van der Waals surface area contributed by atoms with Gasteiger partial charge < -0.3 is 35.9 Å². The van der Waals surface area contributed by atoms with Gasteiger partial charge in [0.25, 0.3) is 11.8 Å². The second-order valence-corrected chi connectivity index (χ2v) is 13.1. The van der Waals surface area contributed by atoms with Crippen molar-refractivity contribution in [3.05, 3.63) is 149 Å². The van der Waals surface area contributed by atoms with E-state index >= 15 is 0 Å². The molecule has 3 amide bonds. The average molecular weight is 757 g/mol. The van der Waals surface area contributed by atoms with Crippen LogP contribution >= 0.6 is 0 Å². The van der Waals surface area contributed by atoms with Crippen molar-refractivity contribution in [1.29, 1.82) is 5.41 Å². The number of nitrogen functional groups attached to an aromatic ring is 1. The molecule has 0 spiro atoms. The highest BCUT2D eigenvalue weighted by atomic mass is 16.5. The van der Waals surface area contributed by atoms with Gasteiger partial charge in [-0.05, 0) is 71.5 Å². The van der Waals surface area contributed by atoms with Crippen molar-refractivity contribution >= 4 is 35.4 Å². The molecule has 0 unspecified atom stereocenters. The average Bonchev–Trinajstić information content (AvgIpc) is 3.22. The summed E-state index contributed by atoms with van der Waals surface area (Å²) in [5.41, 5.74) is 8.85. The maximum absolute atomic E-state index is 13.9. The number of esters is 1. The number of amides is 3. The zero-order valence-electron chi connectivity index (χ0n) is 31.3. The van der Waals surface area contributed by atoms with Crippen LogP contribution in [0.2, 0.25) is 0 Å². The Labute approximate surface area is 325 Å². The molecule has 1 aromatic heterocycles. The van der Waals surface area contributed by atoms with Crippen LogP contribution < -0.4 is 26.4 Å². The monoisotopic (exact) mass is 756 g/mol. The molecule has 0 aliphatic heterocycles. The van der Waals surface area contributed by atoms with Gasteiger partial charge in [-0.3, -0.25) is 15.0 Å². The third-order valence-electron chi connectivity index (χ3n) is 8.81. The number of benzene rings is 4. The number of hydrogen-bond donors (Lipinski definition) is 5. The SMILES string of the molecule is COc1ccc(-c2ccc(C(=O)N[C@H](CCNC(=O)OCc3ccccc3)C(C)C)cc2C(=O)OCc2ccccc2)c(C(=O)Nc2ccc(C(=N)N)cc2)n1. The van der Waals surface area contributed by atoms with Crippen LogP contribution in [-0.2, 0) is 22.7 Å². The molecule has 1 heterocycles. The van der Waals surface area contributed by atoms with Gasteiger partial charge in [0.05, 0.1) is 12.7 Å². The van der Waals surface area contributed by atoms with Gasteiger partial charge in [-0.1, -0.05) is 80.6 Å². The van der Waals surface area contributed by atoms with Gasteiger partial charge in [0.15, 0.2) is 0 Å². The lowest BCUT2D eigenvalue weighted by Crippen LogP contribution is -2.41. The quantitative estimate of drug-likeness (QED) is 0.0413. The van der Waals surface area contributed by atoms with Crippen LogP contribution in [0.3, 0.4) is 0 Å². The molecule has 0 bridgehead atoms. The fraction of sp³-hybridized carbons (Fsp3) is 0.209. The molecule has 1 atom stereocenters. The highest BCUT2D eigenvalue weighted by Gasteiger charge is 2.25. The van der Waals surface area contributed by atoms with Crippen molar-refractivity contribution in [1.82, 2.24) is 15.6 Å². The first-order valence-corrected chi connectivity index (χ1v) is 17.9. The zero-order valence-corrected chi connectivity index (χ0v) is 31.3. The predicted octanol–water partition coefficient (Wildman–Crippen LogP) is 6.72. The molecule has 0 fully saturated rings. The smallest absolute Gasteiger partial charge is 0.407 e. The van der Waals surface area contributed by atoms with Crippen molar-refractivity contribution in [3.8, 4) is 17.0 Å². The highest BCUT2D eigenvalue weighted by Crippen LogP contribution is 2.31. The summed E-state index contributed by atoms with van der Waals surface area (Å²) < 4.78 is 16.4. The van der Waals surface area contributed by atoms with Gasteiger partial charge in [0, 0.05) is 41.0 Å². The number of aromatic nitrogens is 1. The number of rotatable bonds is 16. The van der Waals surface area contributed by atoms with Crippen LogP contribution in [0.4, 0.5) is 10.5 Å². The number of amidine groups is 1. The van der Waals surface area contributed by atoms with E-state index in [0.29, 0.717) is 23.2 Å². The molecule has 4 aromatic carbocycles. The molecule has 0 saturated carbocycles. The number of carbonyl (C=O) groups excluding carboxylic acids is 4. The molecule has 288 valence electrons. The summed E-state index contributed by atoms with van der Waals surface area (Å²) in [5, 5.41) is 16.2. The fourth-order valence-electron chi connectivity index (χ4n) is 5.69. The van der Waals surface area contributed by atoms with Gasteiger partial charge in [0.2, 0.25) is 5.88 Å². The van der Waals surface area contributed by atoms with Crippen LogP contribution in [0.1, 0.15) is 68.2 Å². The predicted molar refractivity (Wildman–Crippen MR) is 213 cm³/mol. The van der Waals surface area contributed by atoms with Crippen LogP contribution in [0.15, 0.2) is 115 Å². The molecule has 13 nitrogen and oxygen atoms in total. The minimum absolute atomic E-state index is 0.000721. The summed E-state index contributed by atoms with van der Waals surface area (Å²) in [6.07, 6.45) is -0.148. The lowest BCUT2D eigenvalue weighted by Gasteiger charge is -2.23. The largest absolute Gasteiger partial charge is 0.481 e. The minimum atomic E-state index is -0.723. The Morgan fingerprint density at radius 2 is 1.36 bits per heavy atom. The number of hydrogen-bond acceptors (Lipinski definition) is 9. The van der Waals surface area contributed by atoms with Gasteiger partial charge in [0.1, 0.15) is 24.7 Å². The molecule has 0 aliphatic carbocycles. The van der Waals surface area contributed by atoms with Crippen molar-refractivity contribution in [2.24, 2.45) is 11.7 Å². The summed E-state index contributed by atoms with van der Waals surface area (Å²) in [6.45, 7) is 4.27. The van der Waals surface area contributed by atoms with E-state index in [2.05, 4.69) is 20.9 Å². The fourth-order valence-corrected chi connectivity index (χ4v) is 5.69. The molecule has 13 heteroatoms. The molecule has 0 radical (unpaired) electrons. The Morgan fingerprint density at radius 1 is 0.750 bits per heavy atom. The minimum Gasteiger partial charge on any atom is -0.481 e. The van der Waals surface area contributed by atoms with Crippen LogP contribution in [0, 0.1) is 11.3 Å². The third-order valence-corrected chi connectivity index (χ3v) is 8.81. The molecule has 56 heavy (non-hydrogen) atoms. The standard InChI is InChI=1S/C43H44N6O7/c1-27(2)36(22-23-46-43(53)56-26-29-12-8-5-9-13-29)48-40(50)31-16-19-33(35(24-31)42(52)55-25-28-10-6-4-7-11-28)34-20-21-37(54-3)49-38(34)41(51)47-32-17-14-30(15-18-32)39(44)45/h4-21,24,27,36H,22-23,25-26H2,1-3H3,(H3,44,45)(H,46,53)(H,47,51)(H,48,50)/t36-/m1/s1. The number of nitrogens with two attached hydrogens (primary N) is 1. The van der Waals surface area contributed by atoms with E-state index in [9.17, 15) is 19.2 Å². The van der Waals surface area contributed by atoms with E-state index in [0.717, 1.165) is 11.1 Å². The lowest BCUT2D eigenvalue weighted by molar-refractivity contribution is 0.0473. The molecule has 5 rings (SSSR count). The molecular formula is C43H44N6O7. The Morgan fingerprint density at radius 3 is 1.96 bits per heavy atom. The first-order valence-electron chi connectivity index (χ1n) is 17.9.